The fourth-order valence-electron chi connectivity index (χ4n) is 7.40. The molecule has 6 rings (SSSR count). The fraction of sp³-hybridized carbons (Fsp3) is 0.293. The van der Waals surface area contributed by atoms with Crippen LogP contribution in [0.25, 0.3) is 11.1 Å². The van der Waals surface area contributed by atoms with Gasteiger partial charge < -0.3 is 0 Å². The molecule has 0 radical (unpaired) electrons. The molecule has 3 heteroatoms. The second-order valence-electron chi connectivity index (χ2n) is 14.6. The molecule has 0 N–H and O–H groups in total. The first-order chi connectivity index (χ1) is 20.7. The Hall–Kier alpha value is -2.31. The molecule has 0 nitrogen and oxygen atoms in total. The first-order valence-corrected chi connectivity index (χ1v) is 20.5. The van der Waals surface area contributed by atoms with Gasteiger partial charge in [0.2, 0.25) is 0 Å². The third-order valence-corrected chi connectivity index (χ3v) is 18.4. The van der Waals surface area contributed by atoms with Gasteiger partial charge in [-0.05, 0) is 0 Å². The van der Waals surface area contributed by atoms with E-state index >= 15 is 0 Å². The maximum atomic E-state index is 6.46. The Morgan fingerprint density at radius 2 is 0.977 bits per heavy atom. The molecule has 224 valence electrons. The topological polar surface area (TPSA) is 0 Å². The SMILES string of the molecule is Cc1cc2c(cc1C(C)(C)C)-c1cc(C(C)(C)C)c(C)cc1[CH]2[Zr](=[C](c1ccc(Cl)cc1)c1ccc(Cl)cc1)[CH]1C=CC=C1. The van der Waals surface area contributed by atoms with Gasteiger partial charge in [-0.25, -0.2) is 0 Å². The van der Waals surface area contributed by atoms with E-state index in [0.29, 0.717) is 7.25 Å². The summed E-state index contributed by atoms with van der Waals surface area (Å²) >= 11 is 10.1. The molecule has 0 saturated carbocycles. The van der Waals surface area contributed by atoms with Gasteiger partial charge in [-0.15, -0.1) is 0 Å². The summed E-state index contributed by atoms with van der Waals surface area (Å²) in [6.45, 7) is 18.7. The van der Waals surface area contributed by atoms with E-state index in [0.717, 1.165) is 10.0 Å². The van der Waals surface area contributed by atoms with Crippen LogP contribution < -0.4 is 0 Å². The van der Waals surface area contributed by atoms with E-state index in [2.05, 4.69) is 128 Å². The molecule has 0 heterocycles. The molecular weight excluding hydrogens is 655 g/mol. The summed E-state index contributed by atoms with van der Waals surface area (Å²) in [5.41, 5.74) is 14.2. The number of aryl methyl sites for hydroxylation is 2. The summed E-state index contributed by atoms with van der Waals surface area (Å²) in [6.07, 6.45) is 9.44. The second kappa shape index (κ2) is 11.8. The van der Waals surface area contributed by atoms with Crippen LogP contribution >= 0.6 is 23.2 Å². The van der Waals surface area contributed by atoms with Crippen molar-refractivity contribution in [2.45, 2.75) is 73.5 Å². The van der Waals surface area contributed by atoms with E-state index in [1.807, 2.05) is 24.3 Å². The molecule has 4 aromatic rings. The molecule has 0 bridgehead atoms. The molecule has 2 aliphatic rings. The average Bonchev–Trinajstić information content (AvgIpc) is 3.57. The minimum atomic E-state index is -2.77. The molecule has 0 aromatic heterocycles. The number of hydrogen-bond acceptors (Lipinski definition) is 0. The Bertz CT molecular complexity index is 1710. The van der Waals surface area contributed by atoms with E-state index < -0.39 is 21.3 Å². The first-order valence-electron chi connectivity index (χ1n) is 15.7. The number of benzene rings is 4. The molecule has 44 heavy (non-hydrogen) atoms. The zero-order valence-corrected chi connectivity index (χ0v) is 31.1. The zero-order chi connectivity index (χ0) is 31.6. The Morgan fingerprint density at radius 1 is 0.591 bits per heavy atom. The Labute approximate surface area is 282 Å². The molecule has 0 atom stereocenters. The second-order valence-corrected chi connectivity index (χ2v) is 22.0. The van der Waals surface area contributed by atoms with Crippen LogP contribution in [-0.2, 0) is 32.1 Å². The van der Waals surface area contributed by atoms with Crippen LogP contribution in [0, 0.1) is 13.8 Å². The van der Waals surface area contributed by atoms with Gasteiger partial charge in [-0.1, -0.05) is 0 Å². The molecule has 2 aliphatic carbocycles. The van der Waals surface area contributed by atoms with Crippen molar-refractivity contribution in [1.29, 1.82) is 0 Å². The Morgan fingerprint density at radius 3 is 1.34 bits per heavy atom. The van der Waals surface area contributed by atoms with E-state index in [-0.39, 0.29) is 10.8 Å². The van der Waals surface area contributed by atoms with E-state index in [1.165, 1.54) is 58.8 Å². The van der Waals surface area contributed by atoms with Crippen molar-refractivity contribution >= 4 is 26.4 Å². The van der Waals surface area contributed by atoms with Crippen LogP contribution in [-0.4, -0.2) is 3.21 Å². The molecule has 0 amide bonds. The van der Waals surface area contributed by atoms with Crippen LogP contribution in [0.3, 0.4) is 0 Å². The van der Waals surface area contributed by atoms with Crippen molar-refractivity contribution in [1.82, 2.24) is 0 Å². The van der Waals surface area contributed by atoms with Crippen molar-refractivity contribution in [3.63, 3.8) is 0 Å². The van der Waals surface area contributed by atoms with Gasteiger partial charge in [0, 0.05) is 0 Å². The number of hydrogen-bond donors (Lipinski definition) is 0. The maximum absolute atomic E-state index is 6.46. The van der Waals surface area contributed by atoms with Gasteiger partial charge in [0.05, 0.1) is 0 Å². The van der Waals surface area contributed by atoms with Crippen molar-refractivity contribution in [3.8, 4) is 11.1 Å². The van der Waals surface area contributed by atoms with Crippen molar-refractivity contribution in [2.75, 3.05) is 0 Å². The molecule has 0 spiro atoms. The Balaban J connectivity index is 1.76. The van der Waals surface area contributed by atoms with E-state index in [4.69, 9.17) is 23.2 Å². The summed E-state index contributed by atoms with van der Waals surface area (Å²) in [7, 11) is 0. The summed E-state index contributed by atoms with van der Waals surface area (Å²) in [5.74, 6) is 0. The summed E-state index contributed by atoms with van der Waals surface area (Å²) in [6, 6.07) is 27.3. The van der Waals surface area contributed by atoms with Crippen LogP contribution in [0.5, 0.6) is 0 Å². The van der Waals surface area contributed by atoms with Gasteiger partial charge >= 0.3 is 284 Å². The van der Waals surface area contributed by atoms with Crippen LogP contribution in [0.4, 0.5) is 0 Å². The first kappa shape index (κ1) is 31.7. The van der Waals surface area contributed by atoms with Crippen molar-refractivity contribution < 1.29 is 21.3 Å². The average molecular weight is 697 g/mol. The van der Waals surface area contributed by atoms with Crippen LogP contribution in [0.1, 0.15) is 89.7 Å². The summed E-state index contributed by atoms with van der Waals surface area (Å²) in [5, 5.41) is 1.53. The molecular formula is C41H42Cl2Zr. The number of rotatable bonds is 4. The number of fused-ring (bicyclic) bond motifs is 3. The minimum absolute atomic E-state index is 0.0668. The predicted octanol–water partition coefficient (Wildman–Crippen LogP) is 12.1. The summed E-state index contributed by atoms with van der Waals surface area (Å²) in [4.78, 5) is 0. The van der Waals surface area contributed by atoms with Crippen LogP contribution in [0.15, 0.2) is 97.1 Å². The van der Waals surface area contributed by atoms with Gasteiger partial charge in [-0.2, -0.15) is 0 Å². The predicted molar refractivity (Wildman–Crippen MR) is 189 cm³/mol. The van der Waals surface area contributed by atoms with Crippen LogP contribution in [0.2, 0.25) is 13.7 Å². The molecule has 0 unspecified atom stereocenters. The van der Waals surface area contributed by atoms with E-state index in [1.54, 1.807) is 0 Å². The van der Waals surface area contributed by atoms with Gasteiger partial charge in [0.15, 0.2) is 0 Å². The quantitative estimate of drug-likeness (QED) is 0.199. The normalized spacial score (nSPS) is 14.7. The van der Waals surface area contributed by atoms with Gasteiger partial charge in [0.1, 0.15) is 0 Å². The van der Waals surface area contributed by atoms with Crippen molar-refractivity contribution in [2.24, 2.45) is 0 Å². The molecule has 0 fully saturated rings. The monoisotopic (exact) mass is 694 g/mol. The zero-order valence-electron chi connectivity index (χ0n) is 27.1. The third kappa shape index (κ3) is 5.86. The fourth-order valence-corrected chi connectivity index (χ4v) is 17.0. The molecule has 0 saturated heterocycles. The molecule has 4 aromatic carbocycles. The van der Waals surface area contributed by atoms with E-state index in [9.17, 15) is 0 Å². The molecule has 0 aliphatic heterocycles. The number of halogens is 2. The van der Waals surface area contributed by atoms with Gasteiger partial charge in [-0.3, -0.25) is 0 Å². The number of allylic oxidation sites excluding steroid dienone is 4. The van der Waals surface area contributed by atoms with Gasteiger partial charge in [0.25, 0.3) is 0 Å². The summed E-state index contributed by atoms with van der Waals surface area (Å²) < 4.78 is 2.30. The Kier molecular flexibility index (Phi) is 8.50. The standard InChI is InChI=1S/C23H29.C13H8Cl2.C5H5.Zr/c1-14-9-16-11-17-10-15(2)21(23(6,7)8)13-19(17)18(16)12-20(14)22(3,4)5;14-12-5-1-10(2-6-12)9-11-3-7-13(15)8-4-11;1-2-4-5-3-1;/h9-13H,1-8H3;1-8H;1-5H;. The third-order valence-electron chi connectivity index (χ3n) is 9.29. The van der Waals surface area contributed by atoms with Crippen molar-refractivity contribution in [3.05, 3.63) is 152 Å².